The van der Waals surface area contributed by atoms with Crippen LogP contribution in [0.1, 0.15) is 46.6 Å². The second kappa shape index (κ2) is 11.0. The van der Waals surface area contributed by atoms with E-state index in [9.17, 15) is 9.59 Å². The van der Waals surface area contributed by atoms with Crippen LogP contribution in [0, 0.1) is 0 Å². The van der Waals surface area contributed by atoms with Crippen molar-refractivity contribution in [2.75, 3.05) is 60.7 Å². The molecule has 2 aliphatic rings. The standard InChI is InChI=1S/C29H34N2O7/c1-5-18-7-8-21-20(15-18)27(32)25-26(19-16-23(35-3)24(36-4)17-22(19)34-2)31(29(33)28(25)38-21)10-6-9-30-11-13-37-14-12-30/h7-8,15-17,26H,5-6,9-14H2,1-4H3. The van der Waals surface area contributed by atoms with Crippen molar-refractivity contribution in [1.82, 2.24) is 9.80 Å². The molecule has 9 nitrogen and oxygen atoms in total. The summed E-state index contributed by atoms with van der Waals surface area (Å²) in [5.74, 6) is 1.25. The lowest BCUT2D eigenvalue weighted by Crippen LogP contribution is -2.39. The third-order valence-corrected chi connectivity index (χ3v) is 7.45. The Labute approximate surface area is 221 Å². The molecule has 2 aliphatic heterocycles. The molecule has 3 aromatic rings. The third kappa shape index (κ3) is 4.61. The molecule has 0 radical (unpaired) electrons. The zero-order valence-corrected chi connectivity index (χ0v) is 22.4. The van der Waals surface area contributed by atoms with Crippen LogP contribution in [-0.2, 0) is 11.2 Å². The highest BCUT2D eigenvalue weighted by atomic mass is 16.5. The molecule has 0 spiro atoms. The van der Waals surface area contributed by atoms with Gasteiger partial charge in [0, 0.05) is 37.8 Å². The van der Waals surface area contributed by atoms with Gasteiger partial charge in [0.2, 0.25) is 5.76 Å². The Morgan fingerprint density at radius 1 is 0.921 bits per heavy atom. The molecule has 1 fully saturated rings. The Balaban J connectivity index is 1.63. The van der Waals surface area contributed by atoms with Crippen molar-refractivity contribution in [1.29, 1.82) is 0 Å². The van der Waals surface area contributed by atoms with Gasteiger partial charge >= 0.3 is 0 Å². The molecule has 1 amide bonds. The molecule has 5 rings (SSSR count). The van der Waals surface area contributed by atoms with Crippen molar-refractivity contribution in [3.63, 3.8) is 0 Å². The molecular formula is C29H34N2O7. The van der Waals surface area contributed by atoms with Gasteiger partial charge < -0.3 is 28.3 Å². The fourth-order valence-electron chi connectivity index (χ4n) is 5.40. The second-order valence-electron chi connectivity index (χ2n) is 9.52. The monoisotopic (exact) mass is 522 g/mol. The molecule has 1 atom stereocenters. The molecule has 1 saturated heterocycles. The maximum Gasteiger partial charge on any atom is 0.290 e. The molecule has 38 heavy (non-hydrogen) atoms. The minimum Gasteiger partial charge on any atom is -0.496 e. The maximum absolute atomic E-state index is 14.0. The Morgan fingerprint density at radius 2 is 1.63 bits per heavy atom. The molecule has 9 heteroatoms. The van der Waals surface area contributed by atoms with Crippen LogP contribution >= 0.6 is 0 Å². The van der Waals surface area contributed by atoms with Crippen LogP contribution in [0.5, 0.6) is 17.2 Å². The summed E-state index contributed by atoms with van der Waals surface area (Å²) in [6, 6.07) is 8.37. The minimum atomic E-state index is -0.692. The molecule has 1 unspecified atom stereocenters. The average Bonchev–Trinajstić information content (AvgIpc) is 3.23. The van der Waals surface area contributed by atoms with Crippen LogP contribution in [0.4, 0.5) is 0 Å². The van der Waals surface area contributed by atoms with Crippen LogP contribution in [0.15, 0.2) is 39.5 Å². The first-order valence-corrected chi connectivity index (χ1v) is 13.0. The highest BCUT2D eigenvalue weighted by Gasteiger charge is 2.44. The predicted octanol–water partition coefficient (Wildman–Crippen LogP) is 3.65. The van der Waals surface area contributed by atoms with E-state index in [0.717, 1.165) is 38.0 Å². The smallest absolute Gasteiger partial charge is 0.290 e. The Hall–Kier alpha value is -3.56. The maximum atomic E-state index is 14.0. The third-order valence-electron chi connectivity index (χ3n) is 7.45. The quantitative estimate of drug-likeness (QED) is 0.421. The first-order valence-electron chi connectivity index (χ1n) is 13.0. The van der Waals surface area contributed by atoms with Crippen molar-refractivity contribution >= 4 is 16.9 Å². The largest absolute Gasteiger partial charge is 0.496 e. The normalized spacial score (nSPS) is 17.6. The van der Waals surface area contributed by atoms with Crippen LogP contribution in [-0.4, -0.2) is 76.4 Å². The first kappa shape index (κ1) is 26.1. The van der Waals surface area contributed by atoms with Crippen molar-refractivity contribution in [2.24, 2.45) is 0 Å². The number of benzene rings is 2. The lowest BCUT2D eigenvalue weighted by atomic mass is 9.96. The summed E-state index contributed by atoms with van der Waals surface area (Å²) in [5, 5.41) is 0.468. The zero-order valence-electron chi connectivity index (χ0n) is 22.4. The molecule has 2 aromatic carbocycles. The van der Waals surface area contributed by atoms with Crippen molar-refractivity contribution in [3.8, 4) is 17.2 Å². The molecule has 0 saturated carbocycles. The van der Waals surface area contributed by atoms with E-state index in [4.69, 9.17) is 23.4 Å². The highest BCUT2D eigenvalue weighted by molar-refractivity contribution is 5.99. The van der Waals surface area contributed by atoms with Gasteiger partial charge in [-0.05, 0) is 36.6 Å². The Morgan fingerprint density at radius 3 is 2.32 bits per heavy atom. The Bertz CT molecular complexity index is 1390. The molecular weight excluding hydrogens is 488 g/mol. The highest BCUT2D eigenvalue weighted by Crippen LogP contribution is 2.45. The fourth-order valence-corrected chi connectivity index (χ4v) is 5.40. The summed E-state index contributed by atoms with van der Waals surface area (Å²) >= 11 is 0. The van der Waals surface area contributed by atoms with Gasteiger partial charge in [0.1, 0.15) is 11.3 Å². The number of rotatable bonds is 9. The minimum absolute atomic E-state index is 0.0833. The van der Waals surface area contributed by atoms with Gasteiger partial charge in [-0.3, -0.25) is 14.5 Å². The van der Waals surface area contributed by atoms with Gasteiger partial charge in [0.15, 0.2) is 16.9 Å². The second-order valence-corrected chi connectivity index (χ2v) is 9.52. The number of nitrogens with zero attached hydrogens (tertiary/aromatic N) is 2. The van der Waals surface area contributed by atoms with Gasteiger partial charge in [-0.15, -0.1) is 0 Å². The van der Waals surface area contributed by atoms with E-state index in [-0.39, 0.29) is 17.1 Å². The number of hydrogen-bond acceptors (Lipinski definition) is 8. The van der Waals surface area contributed by atoms with E-state index in [1.165, 1.54) is 0 Å². The molecule has 0 bridgehead atoms. The van der Waals surface area contributed by atoms with Gasteiger partial charge in [-0.2, -0.15) is 0 Å². The van der Waals surface area contributed by atoms with E-state index >= 15 is 0 Å². The van der Waals surface area contributed by atoms with Crippen molar-refractivity contribution < 1.29 is 28.2 Å². The predicted molar refractivity (Wildman–Crippen MR) is 143 cm³/mol. The SMILES string of the molecule is CCc1ccc2oc3c(c(=O)c2c1)C(c1cc(OC)c(OC)cc1OC)N(CCCN1CCOCC1)C3=O. The lowest BCUT2D eigenvalue weighted by molar-refractivity contribution is 0.0353. The van der Waals surface area contributed by atoms with E-state index in [1.54, 1.807) is 44.4 Å². The van der Waals surface area contributed by atoms with Gasteiger partial charge in [0.05, 0.1) is 51.5 Å². The number of hydrogen-bond donors (Lipinski definition) is 0. The summed E-state index contributed by atoms with van der Waals surface area (Å²) in [7, 11) is 4.66. The summed E-state index contributed by atoms with van der Waals surface area (Å²) in [4.78, 5) is 31.9. The molecule has 3 heterocycles. The summed E-state index contributed by atoms with van der Waals surface area (Å²) < 4.78 is 28.4. The number of amides is 1. The fraction of sp³-hybridized carbons (Fsp3) is 0.448. The number of carbonyl (C=O) groups excluding carboxylic acids is 1. The number of ether oxygens (including phenoxy) is 4. The number of carbonyl (C=O) groups is 1. The van der Waals surface area contributed by atoms with Crippen LogP contribution < -0.4 is 19.6 Å². The van der Waals surface area contributed by atoms with E-state index in [2.05, 4.69) is 4.90 Å². The van der Waals surface area contributed by atoms with Gasteiger partial charge in [-0.1, -0.05) is 13.0 Å². The first-order chi connectivity index (χ1) is 18.5. The van der Waals surface area contributed by atoms with Crippen LogP contribution in [0.3, 0.4) is 0 Å². The van der Waals surface area contributed by atoms with Crippen molar-refractivity contribution in [2.45, 2.75) is 25.8 Å². The lowest BCUT2D eigenvalue weighted by Gasteiger charge is -2.30. The molecule has 1 aromatic heterocycles. The number of aryl methyl sites for hydroxylation is 1. The molecule has 0 aliphatic carbocycles. The molecule has 0 N–H and O–H groups in total. The van der Waals surface area contributed by atoms with Crippen LogP contribution in [0.2, 0.25) is 0 Å². The Kier molecular flexibility index (Phi) is 7.58. The van der Waals surface area contributed by atoms with E-state index in [1.807, 2.05) is 19.1 Å². The molecule has 202 valence electrons. The summed E-state index contributed by atoms with van der Waals surface area (Å²) in [6.45, 7) is 6.46. The van der Waals surface area contributed by atoms with Gasteiger partial charge in [-0.25, -0.2) is 0 Å². The summed E-state index contributed by atoms with van der Waals surface area (Å²) in [5.41, 5.74) is 2.20. The van der Waals surface area contributed by atoms with E-state index in [0.29, 0.717) is 59.1 Å². The topological polar surface area (TPSA) is 90.7 Å². The van der Waals surface area contributed by atoms with E-state index < -0.39 is 6.04 Å². The number of morpholine rings is 1. The average molecular weight is 523 g/mol. The van der Waals surface area contributed by atoms with Gasteiger partial charge in [0.25, 0.3) is 5.91 Å². The van der Waals surface area contributed by atoms with Crippen molar-refractivity contribution in [3.05, 3.63) is 63.0 Å². The number of fused-ring (bicyclic) bond motifs is 2. The van der Waals surface area contributed by atoms with Crippen LogP contribution in [0.25, 0.3) is 11.0 Å². The zero-order chi connectivity index (χ0) is 26.8. The number of methoxy groups -OCH3 is 3. The summed E-state index contributed by atoms with van der Waals surface area (Å²) in [6.07, 6.45) is 1.52.